The van der Waals surface area contributed by atoms with E-state index >= 15 is 0 Å². The zero-order chi connectivity index (χ0) is 28.4. The summed E-state index contributed by atoms with van der Waals surface area (Å²) in [6, 6.07) is 14.6. The second kappa shape index (κ2) is 11.4. The zero-order valence-corrected chi connectivity index (χ0v) is 24.2. The van der Waals surface area contributed by atoms with Crippen LogP contribution in [0.4, 0.5) is 0 Å². The fourth-order valence-electron chi connectivity index (χ4n) is 5.63. The molecule has 1 aromatic heterocycles. The minimum absolute atomic E-state index is 0.0312. The Morgan fingerprint density at radius 1 is 1.03 bits per heavy atom. The number of hydrogen-bond donors (Lipinski definition) is 2. The number of amides is 1. The number of aliphatic carboxylic acids is 1. The van der Waals surface area contributed by atoms with E-state index < -0.39 is 11.4 Å². The Kier molecular flexibility index (Phi) is 8.34. The molecule has 0 aliphatic heterocycles. The van der Waals surface area contributed by atoms with E-state index in [-0.39, 0.29) is 24.3 Å². The molecule has 208 valence electrons. The highest BCUT2D eigenvalue weighted by atomic mass is 16.5. The van der Waals surface area contributed by atoms with Crippen molar-refractivity contribution in [2.45, 2.75) is 78.6 Å². The number of pyridine rings is 1. The minimum atomic E-state index is -0.885. The summed E-state index contributed by atoms with van der Waals surface area (Å²) in [4.78, 5) is 29.5. The maximum absolute atomic E-state index is 13.3. The molecule has 3 aromatic rings. The summed E-state index contributed by atoms with van der Waals surface area (Å²) in [5, 5.41) is 14.0. The largest absolute Gasteiger partial charge is 0.496 e. The molecule has 2 N–H and O–H groups in total. The van der Waals surface area contributed by atoms with E-state index in [1.54, 1.807) is 7.11 Å². The maximum Gasteiger partial charge on any atom is 0.303 e. The lowest BCUT2D eigenvalue weighted by Crippen LogP contribution is -2.35. The van der Waals surface area contributed by atoms with E-state index in [1.165, 1.54) is 31.2 Å². The Bertz CT molecular complexity index is 1350. The summed E-state index contributed by atoms with van der Waals surface area (Å²) in [6.07, 6.45) is 5.57. The average molecular weight is 531 g/mol. The van der Waals surface area contributed by atoms with Gasteiger partial charge in [0.15, 0.2) is 0 Å². The maximum atomic E-state index is 13.3. The SMILES string of the molecule is COc1ccc(-c2ccc(C(C)(C)C)cc2)c2c(CC3CCCC3)nc(C(=O)NCC(C)(C)CC(=O)O)cc12. The van der Waals surface area contributed by atoms with Crippen LogP contribution in [0, 0.1) is 11.3 Å². The van der Waals surface area contributed by atoms with Gasteiger partial charge in [0.05, 0.1) is 19.2 Å². The average Bonchev–Trinajstić information content (AvgIpc) is 3.38. The molecule has 0 atom stereocenters. The third-order valence-corrected chi connectivity index (χ3v) is 7.86. The lowest BCUT2D eigenvalue weighted by Gasteiger charge is -2.23. The summed E-state index contributed by atoms with van der Waals surface area (Å²) >= 11 is 0. The Morgan fingerprint density at radius 3 is 2.28 bits per heavy atom. The molecule has 1 saturated carbocycles. The molecule has 6 nitrogen and oxygen atoms in total. The first-order valence-corrected chi connectivity index (χ1v) is 14.0. The number of carboxylic acid groups (broad SMARTS) is 1. The molecule has 2 aromatic carbocycles. The number of hydrogen-bond acceptors (Lipinski definition) is 4. The first-order valence-electron chi connectivity index (χ1n) is 14.0. The van der Waals surface area contributed by atoms with Gasteiger partial charge in [-0.3, -0.25) is 9.59 Å². The molecule has 1 fully saturated rings. The number of ether oxygens (including phenoxy) is 1. The van der Waals surface area contributed by atoms with Crippen LogP contribution in [0.25, 0.3) is 21.9 Å². The highest BCUT2D eigenvalue weighted by Gasteiger charge is 2.25. The van der Waals surface area contributed by atoms with E-state index in [1.807, 2.05) is 26.0 Å². The number of carboxylic acids is 1. The smallest absolute Gasteiger partial charge is 0.303 e. The van der Waals surface area contributed by atoms with Crippen LogP contribution in [-0.4, -0.2) is 35.6 Å². The molecule has 4 rings (SSSR count). The minimum Gasteiger partial charge on any atom is -0.496 e. The predicted octanol–water partition coefficient (Wildman–Crippen LogP) is 7.17. The van der Waals surface area contributed by atoms with Crippen molar-refractivity contribution in [3.8, 4) is 16.9 Å². The Labute approximate surface area is 232 Å². The van der Waals surface area contributed by atoms with E-state index in [0.29, 0.717) is 17.4 Å². The number of aromatic nitrogens is 1. The zero-order valence-electron chi connectivity index (χ0n) is 24.2. The Hall–Kier alpha value is -3.41. The van der Waals surface area contributed by atoms with Crippen LogP contribution in [0.1, 0.15) is 88.5 Å². The molecule has 1 amide bonds. The van der Waals surface area contributed by atoms with Crippen molar-refractivity contribution in [3.63, 3.8) is 0 Å². The standard InChI is InChI=1S/C33H42N2O4/c1-32(2,3)23-13-11-22(12-14-23)24-15-16-28(39-6)25-18-27(31(38)34-20-33(4,5)19-29(36)37)35-26(30(24)25)17-21-9-7-8-10-21/h11-16,18,21H,7-10,17,19-20H2,1-6H3,(H,34,38)(H,36,37). The fraction of sp³-hybridized carbons (Fsp3) is 0.485. The highest BCUT2D eigenvalue weighted by molar-refractivity contribution is 6.05. The molecule has 0 spiro atoms. The summed E-state index contributed by atoms with van der Waals surface area (Å²) in [6.45, 7) is 10.5. The van der Waals surface area contributed by atoms with Crippen LogP contribution in [0.2, 0.25) is 0 Å². The number of methoxy groups -OCH3 is 1. The van der Waals surface area contributed by atoms with E-state index in [2.05, 4.69) is 56.4 Å². The van der Waals surface area contributed by atoms with Crippen molar-refractivity contribution in [1.82, 2.24) is 10.3 Å². The number of benzene rings is 2. The summed E-state index contributed by atoms with van der Waals surface area (Å²) in [5.74, 6) is 0.0565. The van der Waals surface area contributed by atoms with Gasteiger partial charge < -0.3 is 15.2 Å². The highest BCUT2D eigenvalue weighted by Crippen LogP contribution is 2.39. The summed E-state index contributed by atoms with van der Waals surface area (Å²) in [5.41, 5.74) is 4.21. The number of carbonyl (C=O) groups is 2. The molecule has 0 radical (unpaired) electrons. The predicted molar refractivity (Wildman–Crippen MR) is 156 cm³/mol. The van der Waals surface area contributed by atoms with Gasteiger partial charge >= 0.3 is 5.97 Å². The molecular weight excluding hydrogens is 488 g/mol. The van der Waals surface area contributed by atoms with E-state index in [0.717, 1.165) is 34.0 Å². The molecule has 0 unspecified atom stereocenters. The monoisotopic (exact) mass is 530 g/mol. The molecule has 1 aliphatic rings. The van der Waals surface area contributed by atoms with Gasteiger partial charge in [-0.05, 0) is 58.1 Å². The Balaban J connectivity index is 1.81. The number of carbonyl (C=O) groups excluding carboxylic acids is 1. The van der Waals surface area contributed by atoms with Gasteiger partial charge in [-0.25, -0.2) is 4.98 Å². The van der Waals surface area contributed by atoms with Gasteiger partial charge in [0.25, 0.3) is 5.91 Å². The van der Waals surface area contributed by atoms with Gasteiger partial charge in [0.2, 0.25) is 0 Å². The molecule has 6 heteroatoms. The van der Waals surface area contributed by atoms with Crippen LogP contribution in [-0.2, 0) is 16.6 Å². The lowest BCUT2D eigenvalue weighted by atomic mass is 9.85. The molecule has 0 bridgehead atoms. The summed E-state index contributed by atoms with van der Waals surface area (Å²) < 4.78 is 5.78. The lowest BCUT2D eigenvalue weighted by molar-refractivity contribution is -0.139. The van der Waals surface area contributed by atoms with Crippen molar-refractivity contribution in [1.29, 1.82) is 0 Å². The van der Waals surface area contributed by atoms with Crippen molar-refractivity contribution in [2.24, 2.45) is 11.3 Å². The van der Waals surface area contributed by atoms with Crippen LogP contribution in [0.15, 0.2) is 42.5 Å². The Morgan fingerprint density at radius 2 is 1.69 bits per heavy atom. The van der Waals surface area contributed by atoms with Crippen molar-refractivity contribution in [2.75, 3.05) is 13.7 Å². The van der Waals surface area contributed by atoms with Crippen molar-refractivity contribution >= 4 is 22.6 Å². The number of rotatable bonds is 9. The first kappa shape index (κ1) is 28.6. The van der Waals surface area contributed by atoms with Gasteiger partial charge in [-0.2, -0.15) is 0 Å². The van der Waals surface area contributed by atoms with Crippen molar-refractivity contribution in [3.05, 3.63) is 59.4 Å². The fourth-order valence-corrected chi connectivity index (χ4v) is 5.63. The number of nitrogens with one attached hydrogen (secondary N) is 1. The van der Waals surface area contributed by atoms with Crippen LogP contribution < -0.4 is 10.1 Å². The third kappa shape index (κ3) is 6.78. The molecule has 0 saturated heterocycles. The van der Waals surface area contributed by atoms with Crippen molar-refractivity contribution < 1.29 is 19.4 Å². The molecule has 1 heterocycles. The van der Waals surface area contributed by atoms with Gasteiger partial charge in [0, 0.05) is 17.3 Å². The third-order valence-electron chi connectivity index (χ3n) is 7.86. The van der Waals surface area contributed by atoms with Gasteiger partial charge in [-0.15, -0.1) is 0 Å². The number of nitrogens with zero attached hydrogens (tertiary/aromatic N) is 1. The van der Waals surface area contributed by atoms with Gasteiger partial charge in [-0.1, -0.05) is 84.6 Å². The van der Waals surface area contributed by atoms with E-state index in [9.17, 15) is 14.7 Å². The van der Waals surface area contributed by atoms with E-state index in [4.69, 9.17) is 9.72 Å². The second-order valence-electron chi connectivity index (χ2n) is 12.8. The van der Waals surface area contributed by atoms with Crippen LogP contribution in [0.5, 0.6) is 5.75 Å². The quantitative estimate of drug-likeness (QED) is 0.306. The van der Waals surface area contributed by atoms with Gasteiger partial charge in [0.1, 0.15) is 11.4 Å². The first-order chi connectivity index (χ1) is 18.4. The normalized spacial score (nSPS) is 14.5. The molecular formula is C33H42N2O4. The second-order valence-corrected chi connectivity index (χ2v) is 12.8. The van der Waals surface area contributed by atoms with Crippen LogP contribution in [0.3, 0.4) is 0 Å². The summed E-state index contributed by atoms with van der Waals surface area (Å²) in [7, 11) is 1.65. The topological polar surface area (TPSA) is 88.5 Å². The number of fused-ring (bicyclic) bond motifs is 1. The van der Waals surface area contributed by atoms with Crippen LogP contribution >= 0.6 is 0 Å². The molecule has 39 heavy (non-hydrogen) atoms. The molecule has 1 aliphatic carbocycles.